The predicted molar refractivity (Wildman–Crippen MR) is 78.4 cm³/mol. The molecule has 0 fully saturated rings. The molecule has 1 atom stereocenters. The van der Waals surface area contributed by atoms with Crippen LogP contribution in [0.2, 0.25) is 0 Å². The number of aryl methyl sites for hydroxylation is 1. The highest BCUT2D eigenvalue weighted by Gasteiger charge is 2.22. The molecule has 2 N–H and O–H groups in total. The van der Waals surface area contributed by atoms with Gasteiger partial charge in [-0.3, -0.25) is 0 Å². The Bertz CT molecular complexity index is 574. The molecule has 2 aromatic rings. The van der Waals surface area contributed by atoms with E-state index in [4.69, 9.17) is 10.5 Å². The Morgan fingerprint density at radius 3 is 3.00 bits per heavy atom. The maximum absolute atomic E-state index is 6.38. The van der Waals surface area contributed by atoms with E-state index >= 15 is 0 Å². The molecule has 1 aliphatic heterocycles. The third kappa shape index (κ3) is 1.98. The zero-order valence-electron chi connectivity index (χ0n) is 10.1. The van der Waals surface area contributed by atoms with E-state index in [9.17, 15) is 0 Å². The number of hydrogen-bond donors (Lipinski definition) is 1. The third-order valence-corrected chi connectivity index (χ3v) is 5.48. The van der Waals surface area contributed by atoms with Crippen LogP contribution in [0.25, 0.3) is 0 Å². The molecule has 1 aromatic carbocycles. The first-order valence-corrected chi connectivity index (χ1v) is 7.54. The smallest absolute Gasteiger partial charge is 0.127 e. The first-order chi connectivity index (χ1) is 8.66. The van der Waals surface area contributed by atoms with Crippen LogP contribution in [0.5, 0.6) is 5.75 Å². The van der Waals surface area contributed by atoms with Crippen LogP contribution in [0.4, 0.5) is 0 Å². The summed E-state index contributed by atoms with van der Waals surface area (Å²) in [6.07, 6.45) is 0.989. The lowest BCUT2D eigenvalue weighted by molar-refractivity contribution is 0.352. The van der Waals surface area contributed by atoms with Crippen molar-refractivity contribution in [2.24, 2.45) is 5.73 Å². The number of hydrogen-bond acceptors (Lipinski definition) is 3. The van der Waals surface area contributed by atoms with E-state index in [0.717, 1.165) is 28.1 Å². The molecule has 0 radical (unpaired) electrons. The summed E-state index contributed by atoms with van der Waals surface area (Å²) >= 11 is 5.25. The van der Waals surface area contributed by atoms with E-state index < -0.39 is 0 Å². The molecular weight excluding hydrogens is 310 g/mol. The Balaban J connectivity index is 2.02. The van der Waals surface area contributed by atoms with Crippen molar-refractivity contribution < 1.29 is 4.74 Å². The summed E-state index contributed by atoms with van der Waals surface area (Å²) in [4.78, 5) is 1.17. The Labute approximate surface area is 119 Å². The van der Waals surface area contributed by atoms with Gasteiger partial charge in [0.15, 0.2) is 0 Å². The fraction of sp³-hybridized carbons (Fsp3) is 0.286. The Hall–Kier alpha value is -0.840. The average Bonchev–Trinajstić information content (AvgIpc) is 2.95. The number of benzene rings is 1. The molecule has 4 heteroatoms. The van der Waals surface area contributed by atoms with Crippen molar-refractivity contribution in [2.75, 3.05) is 6.61 Å². The van der Waals surface area contributed by atoms with E-state index in [1.807, 2.05) is 0 Å². The number of thiophene rings is 1. The topological polar surface area (TPSA) is 35.2 Å². The molecule has 1 unspecified atom stereocenters. The minimum absolute atomic E-state index is 0.104. The zero-order chi connectivity index (χ0) is 12.7. The molecule has 2 nitrogen and oxygen atoms in total. The lowest BCUT2D eigenvalue weighted by atomic mass is 10.0. The maximum Gasteiger partial charge on any atom is 0.127 e. The van der Waals surface area contributed by atoms with Gasteiger partial charge in [-0.2, -0.15) is 0 Å². The summed E-state index contributed by atoms with van der Waals surface area (Å²) in [5.41, 5.74) is 9.99. The summed E-state index contributed by atoms with van der Waals surface area (Å²) in [6.45, 7) is 2.86. The maximum atomic E-state index is 6.38. The molecule has 0 aliphatic carbocycles. The molecule has 0 saturated carbocycles. The van der Waals surface area contributed by atoms with Crippen LogP contribution in [0.3, 0.4) is 0 Å². The van der Waals surface area contributed by atoms with E-state index in [1.165, 1.54) is 16.0 Å². The van der Waals surface area contributed by atoms with E-state index in [1.54, 1.807) is 11.3 Å². The molecule has 0 amide bonds. The predicted octanol–water partition coefficient (Wildman–Crippen LogP) is 3.80. The number of rotatable bonds is 2. The third-order valence-electron chi connectivity index (χ3n) is 3.26. The Morgan fingerprint density at radius 1 is 1.44 bits per heavy atom. The minimum atomic E-state index is -0.104. The summed E-state index contributed by atoms with van der Waals surface area (Å²) in [5.74, 6) is 0.993. The summed E-state index contributed by atoms with van der Waals surface area (Å²) in [7, 11) is 0. The second kappa shape index (κ2) is 4.68. The van der Waals surface area contributed by atoms with E-state index in [0.29, 0.717) is 0 Å². The SMILES string of the molecule is Cc1cc(C(N)c2cccc3c2OCC3)sc1Br. The van der Waals surface area contributed by atoms with Crippen molar-refractivity contribution in [3.63, 3.8) is 0 Å². The second-order valence-corrected chi connectivity index (χ2v) is 6.92. The van der Waals surface area contributed by atoms with E-state index in [-0.39, 0.29) is 6.04 Å². The quantitative estimate of drug-likeness (QED) is 0.912. The van der Waals surface area contributed by atoms with Crippen LogP contribution in [0.1, 0.15) is 27.6 Å². The number of nitrogens with two attached hydrogens (primary N) is 1. The molecular formula is C14H14BrNOS. The van der Waals surface area contributed by atoms with Crippen LogP contribution in [-0.4, -0.2) is 6.61 Å². The molecule has 2 heterocycles. The van der Waals surface area contributed by atoms with Gasteiger partial charge < -0.3 is 10.5 Å². The van der Waals surface area contributed by atoms with Crippen LogP contribution in [0.15, 0.2) is 28.1 Å². The lowest BCUT2D eigenvalue weighted by Crippen LogP contribution is -2.11. The molecule has 1 aromatic heterocycles. The summed E-state index contributed by atoms with van der Waals surface area (Å²) in [5, 5.41) is 0. The van der Waals surface area contributed by atoms with Gasteiger partial charge in [-0.15, -0.1) is 11.3 Å². The molecule has 3 rings (SSSR count). The monoisotopic (exact) mass is 323 g/mol. The normalized spacial score (nSPS) is 15.3. The number of ether oxygens (including phenoxy) is 1. The van der Waals surface area contributed by atoms with Crippen molar-refractivity contribution in [2.45, 2.75) is 19.4 Å². The van der Waals surface area contributed by atoms with Gasteiger partial charge in [0.25, 0.3) is 0 Å². The van der Waals surface area contributed by atoms with Gasteiger partial charge in [0.2, 0.25) is 0 Å². The highest BCUT2D eigenvalue weighted by Crippen LogP contribution is 2.38. The van der Waals surface area contributed by atoms with Crippen molar-refractivity contribution in [1.29, 1.82) is 0 Å². The van der Waals surface area contributed by atoms with E-state index in [2.05, 4.69) is 47.1 Å². The van der Waals surface area contributed by atoms with Crippen LogP contribution < -0.4 is 10.5 Å². The zero-order valence-corrected chi connectivity index (χ0v) is 12.5. The standard InChI is InChI=1S/C14H14BrNOS/c1-8-7-11(18-14(8)15)12(16)10-4-2-3-9-5-6-17-13(9)10/h2-4,7,12H,5-6,16H2,1H3. The molecule has 0 spiro atoms. The Kier molecular flexibility index (Phi) is 3.18. The van der Waals surface area contributed by atoms with Crippen LogP contribution >= 0.6 is 27.3 Å². The molecule has 0 saturated heterocycles. The van der Waals surface area contributed by atoms with Gasteiger partial charge in [0.1, 0.15) is 5.75 Å². The van der Waals surface area contributed by atoms with Crippen LogP contribution in [-0.2, 0) is 6.42 Å². The van der Waals surface area contributed by atoms with Gasteiger partial charge in [0.05, 0.1) is 16.4 Å². The van der Waals surface area contributed by atoms with Gasteiger partial charge in [-0.05, 0) is 40.0 Å². The van der Waals surface area contributed by atoms with Gasteiger partial charge in [-0.1, -0.05) is 18.2 Å². The van der Waals surface area contributed by atoms with Crippen molar-refractivity contribution in [3.05, 3.63) is 49.6 Å². The number of halogens is 1. The summed E-state index contributed by atoms with van der Waals surface area (Å²) in [6, 6.07) is 8.30. The average molecular weight is 324 g/mol. The van der Waals surface area contributed by atoms with Crippen molar-refractivity contribution in [1.82, 2.24) is 0 Å². The molecule has 1 aliphatic rings. The minimum Gasteiger partial charge on any atom is -0.493 e. The van der Waals surface area contributed by atoms with Gasteiger partial charge >= 0.3 is 0 Å². The molecule has 94 valence electrons. The second-order valence-electron chi connectivity index (χ2n) is 4.52. The number of para-hydroxylation sites is 1. The van der Waals surface area contributed by atoms with Crippen molar-refractivity contribution >= 4 is 27.3 Å². The Morgan fingerprint density at radius 2 is 2.28 bits per heavy atom. The highest BCUT2D eigenvalue weighted by atomic mass is 79.9. The first-order valence-electron chi connectivity index (χ1n) is 5.93. The van der Waals surface area contributed by atoms with Crippen LogP contribution in [0, 0.1) is 6.92 Å². The lowest BCUT2D eigenvalue weighted by Gasteiger charge is -2.14. The fourth-order valence-electron chi connectivity index (χ4n) is 2.28. The first kappa shape index (κ1) is 12.2. The summed E-state index contributed by atoms with van der Waals surface area (Å²) < 4.78 is 6.88. The van der Waals surface area contributed by atoms with Gasteiger partial charge in [0, 0.05) is 16.9 Å². The molecule has 0 bridgehead atoms. The largest absolute Gasteiger partial charge is 0.493 e. The fourth-order valence-corrected chi connectivity index (χ4v) is 3.87. The van der Waals surface area contributed by atoms with Crippen molar-refractivity contribution in [3.8, 4) is 5.75 Å². The van der Waals surface area contributed by atoms with Gasteiger partial charge in [-0.25, -0.2) is 0 Å². The number of fused-ring (bicyclic) bond motifs is 1. The molecule has 18 heavy (non-hydrogen) atoms. The highest BCUT2D eigenvalue weighted by molar-refractivity contribution is 9.11.